The highest BCUT2D eigenvalue weighted by atomic mass is 16.2. The molecule has 1 amide bonds. The van der Waals surface area contributed by atoms with Crippen LogP contribution in [0.25, 0.3) is 0 Å². The van der Waals surface area contributed by atoms with E-state index in [1.165, 1.54) is 0 Å². The Morgan fingerprint density at radius 1 is 1.35 bits per heavy atom. The summed E-state index contributed by atoms with van der Waals surface area (Å²) in [6.45, 7) is 11.3. The van der Waals surface area contributed by atoms with Gasteiger partial charge in [0.15, 0.2) is 0 Å². The zero-order chi connectivity index (χ0) is 13.2. The van der Waals surface area contributed by atoms with Crippen LogP contribution in [0.1, 0.15) is 53.9 Å². The van der Waals surface area contributed by atoms with Gasteiger partial charge in [0.25, 0.3) is 0 Å². The van der Waals surface area contributed by atoms with Crippen molar-refractivity contribution in [2.45, 2.75) is 66.0 Å². The van der Waals surface area contributed by atoms with Crippen LogP contribution in [-0.4, -0.2) is 29.4 Å². The third-order valence-corrected chi connectivity index (χ3v) is 3.42. The summed E-state index contributed by atoms with van der Waals surface area (Å²) in [6, 6.07) is 0.0879. The lowest BCUT2D eigenvalue weighted by Gasteiger charge is -2.32. The molecule has 0 heterocycles. The molecule has 0 saturated heterocycles. The van der Waals surface area contributed by atoms with E-state index in [9.17, 15) is 4.79 Å². The van der Waals surface area contributed by atoms with Gasteiger partial charge >= 0.3 is 0 Å². The van der Waals surface area contributed by atoms with Crippen LogP contribution in [0.5, 0.6) is 0 Å². The van der Waals surface area contributed by atoms with Crippen molar-refractivity contribution in [2.24, 2.45) is 17.1 Å². The van der Waals surface area contributed by atoms with Crippen LogP contribution < -0.4 is 5.73 Å². The van der Waals surface area contributed by atoms with Crippen molar-refractivity contribution < 1.29 is 4.79 Å². The average molecular weight is 240 g/mol. The second-order valence-corrected chi connectivity index (χ2v) is 6.79. The van der Waals surface area contributed by atoms with Crippen molar-refractivity contribution in [2.75, 3.05) is 6.54 Å². The van der Waals surface area contributed by atoms with E-state index in [1.54, 1.807) is 0 Å². The number of amides is 1. The second kappa shape index (κ2) is 5.38. The van der Waals surface area contributed by atoms with Gasteiger partial charge in [-0.1, -0.05) is 34.6 Å². The third kappa shape index (κ3) is 4.30. The van der Waals surface area contributed by atoms with E-state index < -0.39 is 0 Å². The Morgan fingerprint density at radius 3 is 2.24 bits per heavy atom. The van der Waals surface area contributed by atoms with Gasteiger partial charge in [-0.3, -0.25) is 4.79 Å². The topological polar surface area (TPSA) is 46.3 Å². The van der Waals surface area contributed by atoms with Gasteiger partial charge in [0.2, 0.25) is 5.91 Å². The molecule has 3 heteroatoms. The maximum atomic E-state index is 12.4. The van der Waals surface area contributed by atoms with E-state index in [-0.39, 0.29) is 17.4 Å². The summed E-state index contributed by atoms with van der Waals surface area (Å²) in [5.74, 6) is 0.774. The number of nitrogens with two attached hydrogens (primary N) is 1. The van der Waals surface area contributed by atoms with Crippen LogP contribution in [0.2, 0.25) is 0 Å². The summed E-state index contributed by atoms with van der Waals surface area (Å²) < 4.78 is 0. The number of rotatable bonds is 5. The molecular weight excluding hydrogens is 212 g/mol. The SMILES string of the molecule is CC(C)CCN(C(=O)C(N)C(C)(C)C)C1CC1. The standard InChI is InChI=1S/C14H28N2O/c1-10(2)8-9-16(11-6-7-11)13(17)12(15)14(3,4)5/h10-12H,6-9,15H2,1-5H3. The molecule has 0 aliphatic heterocycles. The molecule has 1 fully saturated rings. The minimum Gasteiger partial charge on any atom is -0.338 e. The lowest BCUT2D eigenvalue weighted by Crippen LogP contribution is -2.51. The Bertz CT molecular complexity index is 264. The maximum absolute atomic E-state index is 12.4. The Labute approximate surface area is 106 Å². The summed E-state index contributed by atoms with van der Waals surface area (Å²) >= 11 is 0. The van der Waals surface area contributed by atoms with Crippen LogP contribution in [0.15, 0.2) is 0 Å². The van der Waals surface area contributed by atoms with Crippen molar-refractivity contribution in [1.29, 1.82) is 0 Å². The molecule has 0 radical (unpaired) electrons. The third-order valence-electron chi connectivity index (χ3n) is 3.42. The number of nitrogens with zero attached hydrogens (tertiary/aromatic N) is 1. The first-order valence-corrected chi connectivity index (χ1v) is 6.79. The van der Waals surface area contributed by atoms with Gasteiger partial charge in [-0.05, 0) is 30.6 Å². The van der Waals surface area contributed by atoms with Gasteiger partial charge in [0.05, 0.1) is 6.04 Å². The van der Waals surface area contributed by atoms with Gasteiger partial charge in [-0.15, -0.1) is 0 Å². The van der Waals surface area contributed by atoms with Gasteiger partial charge < -0.3 is 10.6 Å². The highest BCUT2D eigenvalue weighted by Crippen LogP contribution is 2.30. The van der Waals surface area contributed by atoms with E-state index in [2.05, 4.69) is 13.8 Å². The van der Waals surface area contributed by atoms with Crippen LogP contribution in [-0.2, 0) is 4.79 Å². The summed E-state index contributed by atoms with van der Waals surface area (Å²) in [7, 11) is 0. The fourth-order valence-electron chi connectivity index (χ4n) is 1.81. The van der Waals surface area contributed by atoms with Gasteiger partial charge in [-0.25, -0.2) is 0 Å². The molecule has 0 aromatic rings. The van der Waals surface area contributed by atoms with Crippen LogP contribution >= 0.6 is 0 Å². The molecule has 0 bridgehead atoms. The summed E-state index contributed by atoms with van der Waals surface area (Å²) in [6.07, 6.45) is 3.38. The predicted octanol–water partition coefficient (Wildman–Crippen LogP) is 2.40. The fraction of sp³-hybridized carbons (Fsp3) is 0.929. The van der Waals surface area contributed by atoms with E-state index in [4.69, 9.17) is 5.73 Å². The first-order chi connectivity index (χ1) is 7.73. The van der Waals surface area contributed by atoms with Gasteiger partial charge in [0.1, 0.15) is 0 Å². The van der Waals surface area contributed by atoms with Crippen LogP contribution in [0.4, 0.5) is 0 Å². The van der Waals surface area contributed by atoms with Crippen LogP contribution in [0.3, 0.4) is 0 Å². The van der Waals surface area contributed by atoms with Gasteiger partial charge in [0, 0.05) is 12.6 Å². The normalized spacial score (nSPS) is 18.3. The molecule has 17 heavy (non-hydrogen) atoms. The van der Waals surface area contributed by atoms with E-state index in [0.717, 1.165) is 25.8 Å². The number of carbonyl (C=O) groups is 1. The van der Waals surface area contributed by atoms with Crippen molar-refractivity contribution in [3.05, 3.63) is 0 Å². The van der Waals surface area contributed by atoms with Crippen molar-refractivity contribution >= 4 is 5.91 Å². The molecule has 0 spiro atoms. The number of hydrogen-bond acceptors (Lipinski definition) is 2. The molecule has 3 nitrogen and oxygen atoms in total. The smallest absolute Gasteiger partial charge is 0.240 e. The Hall–Kier alpha value is -0.570. The lowest BCUT2D eigenvalue weighted by atomic mass is 9.86. The molecule has 1 unspecified atom stereocenters. The minimum absolute atomic E-state index is 0.139. The average Bonchev–Trinajstić information content (AvgIpc) is 2.98. The summed E-state index contributed by atoms with van der Waals surface area (Å²) in [5, 5.41) is 0. The summed E-state index contributed by atoms with van der Waals surface area (Å²) in [4.78, 5) is 14.4. The van der Waals surface area contributed by atoms with Crippen molar-refractivity contribution in [1.82, 2.24) is 4.90 Å². The molecule has 1 aliphatic rings. The quantitative estimate of drug-likeness (QED) is 0.802. The molecule has 1 saturated carbocycles. The molecule has 100 valence electrons. The Kier molecular flexibility index (Phi) is 4.59. The zero-order valence-electron chi connectivity index (χ0n) is 12.0. The molecule has 0 aromatic carbocycles. The lowest BCUT2D eigenvalue weighted by molar-refractivity contribution is -0.135. The van der Waals surface area contributed by atoms with Crippen molar-refractivity contribution in [3.8, 4) is 0 Å². The number of hydrogen-bond donors (Lipinski definition) is 1. The fourth-order valence-corrected chi connectivity index (χ4v) is 1.81. The molecule has 1 rings (SSSR count). The van der Waals surface area contributed by atoms with E-state index in [0.29, 0.717) is 12.0 Å². The largest absolute Gasteiger partial charge is 0.338 e. The second-order valence-electron chi connectivity index (χ2n) is 6.79. The predicted molar refractivity (Wildman–Crippen MR) is 71.6 cm³/mol. The molecule has 1 atom stereocenters. The first kappa shape index (κ1) is 14.5. The van der Waals surface area contributed by atoms with Crippen LogP contribution in [0, 0.1) is 11.3 Å². The Morgan fingerprint density at radius 2 is 1.88 bits per heavy atom. The van der Waals surface area contributed by atoms with Crippen molar-refractivity contribution in [3.63, 3.8) is 0 Å². The minimum atomic E-state index is -0.379. The molecular formula is C14H28N2O. The van der Waals surface area contributed by atoms with E-state index in [1.807, 2.05) is 25.7 Å². The molecule has 2 N–H and O–H groups in total. The van der Waals surface area contributed by atoms with E-state index >= 15 is 0 Å². The summed E-state index contributed by atoms with van der Waals surface area (Å²) in [5.41, 5.74) is 5.93. The Balaban J connectivity index is 2.61. The highest BCUT2D eigenvalue weighted by molar-refractivity contribution is 5.83. The molecule has 1 aliphatic carbocycles. The zero-order valence-corrected chi connectivity index (χ0v) is 12.0. The van der Waals surface area contributed by atoms with Gasteiger partial charge in [-0.2, -0.15) is 0 Å². The highest BCUT2D eigenvalue weighted by Gasteiger charge is 2.38. The first-order valence-electron chi connectivity index (χ1n) is 6.79. The molecule has 0 aromatic heterocycles. The maximum Gasteiger partial charge on any atom is 0.240 e. The number of carbonyl (C=O) groups excluding carboxylic acids is 1. The monoisotopic (exact) mass is 240 g/mol.